The number of hydrogen-bond acceptors (Lipinski definition) is 5. The number of para-hydroxylation sites is 1. The normalized spacial score (nSPS) is 11.3. The number of pyridine rings is 1. The maximum absolute atomic E-state index is 13.8. The third-order valence-corrected chi connectivity index (χ3v) is 10.0. The first kappa shape index (κ1) is 32.1. The van der Waals surface area contributed by atoms with E-state index >= 15 is 0 Å². The van der Waals surface area contributed by atoms with Crippen LogP contribution in [0.5, 0.6) is 0 Å². The molecule has 0 saturated heterocycles. The van der Waals surface area contributed by atoms with Crippen molar-refractivity contribution in [3.8, 4) is 67.7 Å². The van der Waals surface area contributed by atoms with Gasteiger partial charge in [-0.25, -0.2) is 15.0 Å². The van der Waals surface area contributed by atoms with E-state index in [1.807, 2.05) is 109 Å². The van der Waals surface area contributed by atoms with Gasteiger partial charge in [0.15, 0.2) is 17.5 Å². The zero-order chi connectivity index (χ0) is 36.7. The molecule has 10 rings (SSSR count). The molecule has 6 heteroatoms. The molecule has 3 aromatic heterocycles. The van der Waals surface area contributed by atoms with Gasteiger partial charge in [-0.1, -0.05) is 164 Å². The molecule has 0 fully saturated rings. The summed E-state index contributed by atoms with van der Waals surface area (Å²) in [5, 5.41) is 2.31. The number of nitrogens with zero attached hydrogens (tertiary/aromatic N) is 5. The van der Waals surface area contributed by atoms with Crippen LogP contribution >= 0.6 is 0 Å². The van der Waals surface area contributed by atoms with Gasteiger partial charge in [0, 0.05) is 27.6 Å². The van der Waals surface area contributed by atoms with Gasteiger partial charge in [-0.05, 0) is 51.9 Å². The highest BCUT2D eigenvalue weighted by Gasteiger charge is 2.22. The molecule has 0 spiro atoms. The van der Waals surface area contributed by atoms with E-state index in [1.165, 1.54) is 0 Å². The second-order valence-electron chi connectivity index (χ2n) is 13.4. The van der Waals surface area contributed by atoms with Crippen molar-refractivity contribution in [2.24, 2.45) is 0 Å². The van der Waals surface area contributed by atoms with Gasteiger partial charge in [0.1, 0.15) is 5.65 Å². The molecule has 55 heavy (non-hydrogen) atoms. The first-order chi connectivity index (χ1) is 27.2. The van der Waals surface area contributed by atoms with Gasteiger partial charge >= 0.3 is 0 Å². The minimum atomic E-state index is -0.280. The topological polar surface area (TPSA) is 73.0 Å². The highest BCUT2D eigenvalue weighted by atomic mass is 16.1. The molecule has 3 heterocycles. The minimum Gasteiger partial charge on any atom is -0.292 e. The van der Waals surface area contributed by atoms with E-state index in [1.54, 1.807) is 0 Å². The quantitative estimate of drug-likeness (QED) is 0.161. The van der Waals surface area contributed by atoms with E-state index in [4.69, 9.17) is 19.9 Å². The fourth-order valence-electron chi connectivity index (χ4n) is 7.49. The van der Waals surface area contributed by atoms with Gasteiger partial charge in [0.05, 0.1) is 16.6 Å². The Bertz CT molecular complexity index is 3040. The van der Waals surface area contributed by atoms with Crippen LogP contribution < -0.4 is 5.56 Å². The maximum atomic E-state index is 13.8. The minimum absolute atomic E-state index is 0.280. The third-order valence-electron chi connectivity index (χ3n) is 10.0. The molecule has 0 aliphatic heterocycles. The summed E-state index contributed by atoms with van der Waals surface area (Å²) in [6.07, 6.45) is 0. The van der Waals surface area contributed by atoms with Gasteiger partial charge in [-0.15, -0.1) is 0 Å². The highest BCUT2D eigenvalue weighted by molar-refractivity contribution is 6.11. The lowest BCUT2D eigenvalue weighted by molar-refractivity contribution is 1.07. The van der Waals surface area contributed by atoms with E-state index in [0.29, 0.717) is 28.5 Å². The number of aromatic nitrogens is 5. The fourth-order valence-corrected chi connectivity index (χ4v) is 7.49. The summed E-state index contributed by atoms with van der Waals surface area (Å²) in [7, 11) is 0. The first-order valence-corrected chi connectivity index (χ1v) is 18.2. The van der Waals surface area contributed by atoms with Gasteiger partial charge in [-0.3, -0.25) is 9.20 Å². The summed E-state index contributed by atoms with van der Waals surface area (Å²) in [4.78, 5) is 33.7. The Hall–Kier alpha value is -7.57. The average molecular weight is 706 g/mol. The average Bonchev–Trinajstić information content (AvgIpc) is 3.27. The maximum Gasteiger partial charge on any atom is 0.281 e. The molecule has 0 bridgehead atoms. The summed E-state index contributed by atoms with van der Waals surface area (Å²) in [5.74, 6) is 1.68. The molecule has 0 amide bonds. The lowest BCUT2D eigenvalue weighted by Gasteiger charge is -2.21. The Balaban J connectivity index is 1.32. The molecular weight excluding hydrogens is 675 g/mol. The Morgan fingerprint density at radius 2 is 0.855 bits per heavy atom. The van der Waals surface area contributed by atoms with Gasteiger partial charge in [-0.2, -0.15) is 4.98 Å². The van der Waals surface area contributed by atoms with Gasteiger partial charge in [0.25, 0.3) is 5.56 Å². The Labute approximate surface area is 316 Å². The van der Waals surface area contributed by atoms with E-state index < -0.39 is 0 Å². The largest absolute Gasteiger partial charge is 0.292 e. The molecule has 0 unspecified atom stereocenters. The first-order valence-electron chi connectivity index (χ1n) is 18.2. The molecule has 7 aromatic carbocycles. The van der Waals surface area contributed by atoms with Crippen LogP contribution in [0.3, 0.4) is 0 Å². The number of benzene rings is 7. The van der Waals surface area contributed by atoms with E-state index in [9.17, 15) is 4.79 Å². The lowest BCUT2D eigenvalue weighted by Crippen LogP contribution is -2.13. The Kier molecular flexibility index (Phi) is 7.85. The predicted molar refractivity (Wildman–Crippen MR) is 222 cm³/mol. The van der Waals surface area contributed by atoms with Crippen molar-refractivity contribution in [2.75, 3.05) is 0 Å². The van der Waals surface area contributed by atoms with Crippen LogP contribution in [0.2, 0.25) is 0 Å². The fraction of sp³-hybridized carbons (Fsp3) is 0. The molecule has 0 aliphatic carbocycles. The standard InChI is InChI=1S/C49H31N5O/c55-49-40-26-13-14-27-42(40)54-44(33-18-7-2-8-19-33)43(37-25-15-24-36(30-37)32-16-5-1-6-17-32)39-29-28-38(31-41(39)48(54)53-49)47-51-45(34-20-9-3-10-21-34)50-46(52-47)35-22-11-4-12-23-35/h1-31H. The van der Waals surface area contributed by atoms with E-state index in [2.05, 4.69) is 83.3 Å². The van der Waals surface area contributed by atoms with Crippen LogP contribution in [-0.4, -0.2) is 24.3 Å². The molecule has 0 saturated carbocycles. The van der Waals surface area contributed by atoms with Crippen LogP contribution in [-0.2, 0) is 0 Å². The van der Waals surface area contributed by atoms with Crippen LogP contribution in [0, 0.1) is 0 Å². The zero-order valence-corrected chi connectivity index (χ0v) is 29.5. The number of rotatable bonds is 6. The molecule has 0 N–H and O–H groups in total. The van der Waals surface area contributed by atoms with Crippen molar-refractivity contribution in [3.63, 3.8) is 0 Å². The predicted octanol–water partition coefficient (Wildman–Crippen LogP) is 11.2. The summed E-state index contributed by atoms with van der Waals surface area (Å²) < 4.78 is 2.15. The summed E-state index contributed by atoms with van der Waals surface area (Å²) >= 11 is 0. The van der Waals surface area contributed by atoms with Crippen molar-refractivity contribution in [1.82, 2.24) is 24.3 Å². The Morgan fingerprint density at radius 1 is 0.345 bits per heavy atom. The monoisotopic (exact) mass is 705 g/mol. The summed E-state index contributed by atoms with van der Waals surface area (Å²) in [6, 6.07) is 63.3. The van der Waals surface area contributed by atoms with Crippen LogP contribution in [0.25, 0.3) is 95.0 Å². The molecule has 10 aromatic rings. The Morgan fingerprint density at radius 3 is 1.49 bits per heavy atom. The summed E-state index contributed by atoms with van der Waals surface area (Å²) in [5.41, 5.74) is 9.88. The SMILES string of the molecule is O=c1nc2c3cc(-c4nc(-c5ccccc5)nc(-c5ccccc5)n4)ccc3c(-c3cccc(-c4ccccc4)c3)c(-c3ccccc3)n2c2ccccc12. The molecule has 6 nitrogen and oxygen atoms in total. The third kappa shape index (κ3) is 5.73. The number of hydrogen-bond donors (Lipinski definition) is 0. The van der Waals surface area contributed by atoms with Crippen molar-refractivity contribution in [3.05, 3.63) is 198 Å². The van der Waals surface area contributed by atoms with Crippen molar-refractivity contribution in [2.45, 2.75) is 0 Å². The van der Waals surface area contributed by atoms with Crippen molar-refractivity contribution >= 4 is 27.3 Å². The van der Waals surface area contributed by atoms with Crippen molar-refractivity contribution < 1.29 is 0 Å². The molecular formula is C49H31N5O. The van der Waals surface area contributed by atoms with Crippen LogP contribution in [0.15, 0.2) is 193 Å². The molecule has 258 valence electrons. The van der Waals surface area contributed by atoms with Gasteiger partial charge < -0.3 is 0 Å². The molecule has 0 aliphatic rings. The second kappa shape index (κ2) is 13.4. The lowest BCUT2D eigenvalue weighted by atomic mass is 9.90. The zero-order valence-electron chi connectivity index (χ0n) is 29.5. The van der Waals surface area contributed by atoms with E-state index in [0.717, 1.165) is 66.5 Å². The highest BCUT2D eigenvalue weighted by Crippen LogP contribution is 2.43. The second-order valence-corrected chi connectivity index (χ2v) is 13.4. The van der Waals surface area contributed by atoms with Crippen LogP contribution in [0.4, 0.5) is 0 Å². The number of fused-ring (bicyclic) bond motifs is 5. The smallest absolute Gasteiger partial charge is 0.281 e. The molecule has 0 atom stereocenters. The van der Waals surface area contributed by atoms with Crippen molar-refractivity contribution in [1.29, 1.82) is 0 Å². The van der Waals surface area contributed by atoms with Crippen LogP contribution in [0.1, 0.15) is 0 Å². The molecule has 0 radical (unpaired) electrons. The van der Waals surface area contributed by atoms with Gasteiger partial charge in [0.2, 0.25) is 0 Å². The van der Waals surface area contributed by atoms with E-state index in [-0.39, 0.29) is 5.56 Å². The summed E-state index contributed by atoms with van der Waals surface area (Å²) in [6.45, 7) is 0.